The molecule has 0 spiro atoms. The number of sulfone groups is 1. The molecule has 1 aromatic heterocycles. The van der Waals surface area contributed by atoms with Gasteiger partial charge in [0.15, 0.2) is 9.84 Å². The molecule has 2 N–H and O–H groups in total. The van der Waals surface area contributed by atoms with Crippen molar-refractivity contribution in [2.24, 2.45) is 12.8 Å². The van der Waals surface area contributed by atoms with Gasteiger partial charge in [-0.3, -0.25) is 0 Å². The predicted molar refractivity (Wildman–Crippen MR) is 61.7 cm³/mol. The fraction of sp³-hybridized carbons (Fsp3) is 0.300. The molecule has 0 fully saturated rings. The molecule has 2 rings (SSSR count). The smallest absolute Gasteiger partial charge is 0.175 e. The van der Waals surface area contributed by atoms with Gasteiger partial charge < -0.3 is 10.3 Å². The van der Waals surface area contributed by atoms with Gasteiger partial charge in [0.1, 0.15) is 5.82 Å². The van der Waals surface area contributed by atoms with E-state index in [4.69, 9.17) is 5.73 Å². The highest BCUT2D eigenvalue weighted by atomic mass is 32.2. The van der Waals surface area contributed by atoms with Crippen LogP contribution in [0, 0.1) is 0 Å². The van der Waals surface area contributed by atoms with Crippen LogP contribution in [0.4, 0.5) is 0 Å². The average molecular weight is 239 g/mol. The Morgan fingerprint density at radius 3 is 2.69 bits per heavy atom. The number of hydrogen-bond donors (Lipinski definition) is 1. The minimum atomic E-state index is -3.19. The van der Waals surface area contributed by atoms with E-state index in [0.717, 1.165) is 11.3 Å². The van der Waals surface area contributed by atoms with Gasteiger partial charge >= 0.3 is 0 Å². The zero-order valence-electron chi connectivity index (χ0n) is 9.14. The maximum absolute atomic E-state index is 11.4. The number of nitrogens with two attached hydrogens (primary N) is 1. The van der Waals surface area contributed by atoms with Crippen molar-refractivity contribution >= 4 is 20.9 Å². The summed E-state index contributed by atoms with van der Waals surface area (Å²) in [6, 6.07) is 4.90. The fourth-order valence-corrected chi connectivity index (χ4v) is 2.28. The van der Waals surface area contributed by atoms with Crippen molar-refractivity contribution in [3.05, 3.63) is 24.0 Å². The lowest BCUT2D eigenvalue weighted by Gasteiger charge is -1.99. The van der Waals surface area contributed by atoms with E-state index >= 15 is 0 Å². The molecular weight excluding hydrogens is 226 g/mol. The highest BCUT2D eigenvalue weighted by Crippen LogP contribution is 2.19. The number of imidazole rings is 1. The maximum Gasteiger partial charge on any atom is 0.175 e. The van der Waals surface area contributed by atoms with Gasteiger partial charge in [-0.25, -0.2) is 13.4 Å². The van der Waals surface area contributed by atoms with E-state index in [2.05, 4.69) is 4.98 Å². The van der Waals surface area contributed by atoms with Crippen molar-refractivity contribution in [3.63, 3.8) is 0 Å². The lowest BCUT2D eigenvalue weighted by molar-refractivity contribution is 0.602. The Kier molecular flexibility index (Phi) is 2.47. The quantitative estimate of drug-likeness (QED) is 0.824. The summed E-state index contributed by atoms with van der Waals surface area (Å²) in [4.78, 5) is 4.56. The molecule has 2 aromatic rings. The molecule has 0 bridgehead atoms. The second kappa shape index (κ2) is 3.57. The predicted octanol–water partition coefficient (Wildman–Crippen LogP) is 0.436. The first kappa shape index (κ1) is 11.1. The molecular formula is C10H13N3O2S. The zero-order valence-corrected chi connectivity index (χ0v) is 9.95. The summed E-state index contributed by atoms with van der Waals surface area (Å²) >= 11 is 0. The van der Waals surface area contributed by atoms with Gasteiger partial charge in [0, 0.05) is 13.3 Å². The van der Waals surface area contributed by atoms with Crippen LogP contribution in [-0.2, 0) is 23.4 Å². The molecule has 0 unspecified atom stereocenters. The molecule has 6 heteroatoms. The Morgan fingerprint density at radius 1 is 1.44 bits per heavy atom. The van der Waals surface area contributed by atoms with Crippen LogP contribution in [0.2, 0.25) is 0 Å². The van der Waals surface area contributed by atoms with Crippen LogP contribution in [0.1, 0.15) is 5.82 Å². The van der Waals surface area contributed by atoms with Crippen molar-refractivity contribution in [1.82, 2.24) is 9.55 Å². The molecule has 0 amide bonds. The molecule has 1 aromatic carbocycles. The summed E-state index contributed by atoms with van der Waals surface area (Å²) in [6.45, 7) is 0.333. The Morgan fingerprint density at radius 2 is 2.12 bits per heavy atom. The summed E-state index contributed by atoms with van der Waals surface area (Å²) in [6.07, 6.45) is 1.18. The third-order valence-electron chi connectivity index (χ3n) is 2.56. The van der Waals surface area contributed by atoms with E-state index in [-0.39, 0.29) is 4.90 Å². The Labute approximate surface area is 93.8 Å². The normalized spacial score (nSPS) is 12.2. The Hall–Kier alpha value is -1.40. The summed E-state index contributed by atoms with van der Waals surface area (Å²) in [7, 11) is -1.33. The van der Waals surface area contributed by atoms with Crippen LogP contribution in [0.3, 0.4) is 0 Å². The molecule has 0 aliphatic rings. The van der Waals surface area contributed by atoms with Gasteiger partial charge in [-0.2, -0.15) is 0 Å². The topological polar surface area (TPSA) is 78.0 Å². The van der Waals surface area contributed by atoms with Crippen molar-refractivity contribution in [2.45, 2.75) is 11.4 Å². The van der Waals surface area contributed by atoms with Crippen LogP contribution in [0.15, 0.2) is 23.1 Å². The molecule has 0 radical (unpaired) electrons. The number of benzene rings is 1. The summed E-state index contributed by atoms with van der Waals surface area (Å²) in [5.74, 6) is 0.737. The second-order valence-electron chi connectivity index (χ2n) is 3.71. The van der Waals surface area contributed by atoms with Gasteiger partial charge in [-0.05, 0) is 18.2 Å². The minimum Gasteiger partial charge on any atom is -0.330 e. The zero-order chi connectivity index (χ0) is 11.9. The standard InChI is InChI=1S/C10H13N3O2S/c1-13-9-4-3-7(16(2,14)15)5-8(9)12-10(13)6-11/h3-5H,6,11H2,1-2H3. The van der Waals surface area contributed by atoms with Gasteiger partial charge in [0.05, 0.1) is 22.5 Å². The first-order chi connectivity index (χ1) is 7.43. The van der Waals surface area contributed by atoms with Gasteiger partial charge in [-0.15, -0.1) is 0 Å². The summed E-state index contributed by atoms with van der Waals surface area (Å²) in [5.41, 5.74) is 7.08. The third-order valence-corrected chi connectivity index (χ3v) is 3.67. The van der Waals surface area contributed by atoms with E-state index in [9.17, 15) is 8.42 Å². The highest BCUT2D eigenvalue weighted by Gasteiger charge is 2.11. The molecule has 1 heterocycles. The van der Waals surface area contributed by atoms with Gasteiger partial charge in [0.25, 0.3) is 0 Å². The van der Waals surface area contributed by atoms with Crippen LogP contribution < -0.4 is 5.73 Å². The van der Waals surface area contributed by atoms with Crippen molar-refractivity contribution < 1.29 is 8.42 Å². The van der Waals surface area contributed by atoms with Gasteiger partial charge in [0.2, 0.25) is 0 Å². The van der Waals surface area contributed by atoms with Crippen molar-refractivity contribution in [1.29, 1.82) is 0 Å². The van der Waals surface area contributed by atoms with E-state index in [1.54, 1.807) is 18.2 Å². The molecule has 0 saturated heterocycles. The number of aryl methyl sites for hydroxylation is 1. The van der Waals surface area contributed by atoms with E-state index in [1.807, 2.05) is 11.6 Å². The third kappa shape index (κ3) is 1.70. The Bertz CT molecular complexity index is 643. The largest absolute Gasteiger partial charge is 0.330 e. The van der Waals surface area contributed by atoms with E-state index in [0.29, 0.717) is 12.1 Å². The lowest BCUT2D eigenvalue weighted by atomic mass is 10.3. The fourth-order valence-electron chi connectivity index (χ4n) is 1.64. The van der Waals surface area contributed by atoms with Crippen molar-refractivity contribution in [3.8, 4) is 0 Å². The summed E-state index contributed by atoms with van der Waals surface area (Å²) < 4.78 is 24.6. The highest BCUT2D eigenvalue weighted by molar-refractivity contribution is 7.90. The van der Waals surface area contributed by atoms with E-state index in [1.165, 1.54) is 6.26 Å². The summed E-state index contributed by atoms with van der Waals surface area (Å²) in [5, 5.41) is 0. The average Bonchev–Trinajstić information content (AvgIpc) is 2.54. The lowest BCUT2D eigenvalue weighted by Crippen LogP contribution is -2.04. The van der Waals surface area contributed by atoms with Crippen LogP contribution >= 0.6 is 0 Å². The molecule has 0 atom stereocenters. The maximum atomic E-state index is 11.4. The monoisotopic (exact) mass is 239 g/mol. The molecule has 86 valence electrons. The van der Waals surface area contributed by atoms with Gasteiger partial charge in [-0.1, -0.05) is 0 Å². The minimum absolute atomic E-state index is 0.279. The number of rotatable bonds is 2. The molecule has 0 aliphatic carbocycles. The number of aromatic nitrogens is 2. The molecule has 0 aliphatic heterocycles. The second-order valence-corrected chi connectivity index (χ2v) is 5.73. The molecule has 5 nitrogen and oxygen atoms in total. The number of nitrogens with zero attached hydrogens (tertiary/aromatic N) is 2. The van der Waals surface area contributed by atoms with Crippen molar-refractivity contribution in [2.75, 3.05) is 6.26 Å². The van der Waals surface area contributed by atoms with E-state index < -0.39 is 9.84 Å². The first-order valence-electron chi connectivity index (χ1n) is 4.79. The van der Waals surface area contributed by atoms with Crippen LogP contribution in [-0.4, -0.2) is 24.2 Å². The molecule has 16 heavy (non-hydrogen) atoms. The number of fused-ring (bicyclic) bond motifs is 1. The Balaban J connectivity index is 2.73. The van der Waals surface area contributed by atoms with Crippen LogP contribution in [0.25, 0.3) is 11.0 Å². The first-order valence-corrected chi connectivity index (χ1v) is 6.68. The molecule has 0 saturated carbocycles. The SMILES string of the molecule is Cn1c(CN)nc2cc(S(C)(=O)=O)ccc21. The number of hydrogen-bond acceptors (Lipinski definition) is 4. The van der Waals surface area contributed by atoms with Crippen LogP contribution in [0.5, 0.6) is 0 Å².